The van der Waals surface area contributed by atoms with Gasteiger partial charge in [0.2, 0.25) is 11.8 Å². The van der Waals surface area contributed by atoms with Gasteiger partial charge in [-0.15, -0.1) is 0 Å². The zero-order valence-corrected chi connectivity index (χ0v) is 17.3. The molecule has 7 rings (SSSR count). The van der Waals surface area contributed by atoms with E-state index in [1.165, 1.54) is 19.3 Å². The Morgan fingerprint density at radius 1 is 1.07 bits per heavy atom. The van der Waals surface area contributed by atoms with Crippen molar-refractivity contribution in [3.8, 4) is 0 Å². The van der Waals surface area contributed by atoms with Crippen LogP contribution in [0.25, 0.3) is 11.1 Å². The summed E-state index contributed by atoms with van der Waals surface area (Å²) < 4.78 is 5.77. The first-order valence-electron chi connectivity index (χ1n) is 11.5. The highest BCUT2D eigenvalue weighted by atomic mass is 16.3. The Bertz CT molecular complexity index is 971. The van der Waals surface area contributed by atoms with E-state index in [0.29, 0.717) is 12.5 Å². The van der Waals surface area contributed by atoms with Crippen molar-refractivity contribution >= 4 is 28.6 Å². The molecule has 6 nitrogen and oxygen atoms in total. The van der Waals surface area contributed by atoms with Crippen LogP contribution in [0.3, 0.4) is 0 Å². The number of fused-ring (bicyclic) bond motifs is 1. The van der Waals surface area contributed by atoms with Gasteiger partial charge < -0.3 is 15.1 Å². The highest BCUT2D eigenvalue weighted by molar-refractivity contribution is 5.93. The molecule has 1 heterocycles. The number of nitrogens with one attached hydrogen (secondary N) is 2. The van der Waals surface area contributed by atoms with Crippen molar-refractivity contribution in [2.45, 2.75) is 63.7 Å². The molecule has 0 spiro atoms. The van der Waals surface area contributed by atoms with Gasteiger partial charge in [0.1, 0.15) is 5.52 Å². The van der Waals surface area contributed by atoms with E-state index >= 15 is 0 Å². The Labute approximate surface area is 176 Å². The maximum Gasteiger partial charge on any atom is 0.226 e. The lowest BCUT2D eigenvalue weighted by Gasteiger charge is -2.55. The van der Waals surface area contributed by atoms with Crippen molar-refractivity contribution in [1.29, 1.82) is 0 Å². The Morgan fingerprint density at radius 2 is 1.77 bits per heavy atom. The molecule has 158 valence electrons. The Hall–Kier alpha value is -2.37. The van der Waals surface area contributed by atoms with Crippen molar-refractivity contribution in [1.82, 2.24) is 10.3 Å². The predicted molar refractivity (Wildman–Crippen MR) is 113 cm³/mol. The molecule has 2 aromatic rings. The van der Waals surface area contributed by atoms with Gasteiger partial charge in [-0.2, -0.15) is 0 Å². The molecular formula is C24H29N3O3. The van der Waals surface area contributed by atoms with Gasteiger partial charge in [-0.05, 0) is 87.3 Å². The molecule has 5 aliphatic carbocycles. The lowest BCUT2D eigenvalue weighted by molar-refractivity contribution is -0.146. The van der Waals surface area contributed by atoms with Gasteiger partial charge in [-0.3, -0.25) is 9.59 Å². The van der Waals surface area contributed by atoms with Crippen molar-refractivity contribution in [2.24, 2.45) is 23.2 Å². The molecule has 4 bridgehead atoms. The Morgan fingerprint density at radius 3 is 2.43 bits per heavy atom. The van der Waals surface area contributed by atoms with E-state index in [9.17, 15) is 9.59 Å². The SMILES string of the molecule is O=C(CCNC(=O)C12CC3CC(CC(C3)C1)C2)Nc1ccc2oc(C3CC3)nc2c1. The molecule has 2 amide bonds. The number of hydrogen-bond acceptors (Lipinski definition) is 4. The molecule has 1 aromatic heterocycles. The fraction of sp³-hybridized carbons (Fsp3) is 0.625. The summed E-state index contributed by atoms with van der Waals surface area (Å²) in [7, 11) is 0. The molecule has 0 unspecified atom stereocenters. The summed E-state index contributed by atoms with van der Waals surface area (Å²) in [5.41, 5.74) is 2.11. The molecule has 5 fully saturated rings. The summed E-state index contributed by atoms with van der Waals surface area (Å²) in [5.74, 6) is 3.61. The van der Waals surface area contributed by atoms with E-state index in [-0.39, 0.29) is 23.7 Å². The van der Waals surface area contributed by atoms with E-state index in [0.717, 1.165) is 72.5 Å². The summed E-state index contributed by atoms with van der Waals surface area (Å²) in [4.78, 5) is 29.9. The highest BCUT2D eigenvalue weighted by Gasteiger charge is 2.54. The fourth-order valence-electron chi connectivity index (χ4n) is 6.62. The van der Waals surface area contributed by atoms with Crippen LogP contribution < -0.4 is 10.6 Å². The summed E-state index contributed by atoms with van der Waals surface area (Å²) in [6, 6.07) is 5.56. The zero-order valence-electron chi connectivity index (χ0n) is 17.3. The first kappa shape index (κ1) is 18.4. The number of nitrogens with zero attached hydrogens (tertiary/aromatic N) is 1. The van der Waals surface area contributed by atoms with Crippen LogP contribution in [-0.2, 0) is 9.59 Å². The second kappa shape index (κ2) is 6.82. The third-order valence-corrected chi connectivity index (χ3v) is 7.77. The number of hydrogen-bond donors (Lipinski definition) is 2. The largest absolute Gasteiger partial charge is 0.440 e. The van der Waals surface area contributed by atoms with Gasteiger partial charge in [-0.1, -0.05) is 0 Å². The zero-order chi connectivity index (χ0) is 20.3. The van der Waals surface area contributed by atoms with Crippen LogP contribution in [-0.4, -0.2) is 23.3 Å². The van der Waals surface area contributed by atoms with Crippen LogP contribution in [0.2, 0.25) is 0 Å². The molecule has 6 heteroatoms. The molecule has 0 atom stereocenters. The monoisotopic (exact) mass is 407 g/mol. The van der Waals surface area contributed by atoms with Crippen molar-refractivity contribution < 1.29 is 14.0 Å². The molecule has 0 saturated heterocycles. The van der Waals surface area contributed by atoms with E-state index < -0.39 is 0 Å². The minimum absolute atomic E-state index is 0.0916. The van der Waals surface area contributed by atoms with E-state index in [1.807, 2.05) is 18.2 Å². The van der Waals surface area contributed by atoms with Crippen LogP contribution in [0, 0.1) is 23.2 Å². The number of rotatable bonds is 6. The highest BCUT2D eigenvalue weighted by Crippen LogP contribution is 2.60. The van der Waals surface area contributed by atoms with Gasteiger partial charge in [0.25, 0.3) is 0 Å². The van der Waals surface area contributed by atoms with E-state index in [2.05, 4.69) is 15.6 Å². The average Bonchev–Trinajstić information content (AvgIpc) is 3.46. The summed E-state index contributed by atoms with van der Waals surface area (Å²) in [5, 5.41) is 6.01. The maximum atomic E-state index is 13.0. The van der Waals surface area contributed by atoms with Crippen molar-refractivity contribution in [2.75, 3.05) is 11.9 Å². The number of oxazole rings is 1. The lowest BCUT2D eigenvalue weighted by atomic mass is 9.49. The number of aromatic nitrogens is 1. The van der Waals surface area contributed by atoms with Crippen LogP contribution in [0.5, 0.6) is 0 Å². The predicted octanol–water partition coefficient (Wildman–Crippen LogP) is 4.37. The van der Waals surface area contributed by atoms with Crippen LogP contribution >= 0.6 is 0 Å². The van der Waals surface area contributed by atoms with Crippen molar-refractivity contribution in [3.05, 3.63) is 24.1 Å². The molecule has 5 aliphatic rings. The number of amides is 2. The standard InChI is InChI=1S/C24H29N3O3/c28-21(26-18-3-4-20-19(10-18)27-22(30-20)17-1-2-17)5-6-25-23(29)24-11-14-7-15(12-24)9-16(8-14)13-24/h3-4,10,14-17H,1-2,5-9,11-13H2,(H,25,29)(H,26,28). The average molecular weight is 408 g/mol. The normalized spacial score (nSPS) is 31.8. The van der Waals surface area contributed by atoms with Gasteiger partial charge in [-0.25, -0.2) is 4.98 Å². The molecule has 0 radical (unpaired) electrons. The molecular weight excluding hydrogens is 378 g/mol. The number of anilines is 1. The van der Waals surface area contributed by atoms with Crippen molar-refractivity contribution in [3.63, 3.8) is 0 Å². The Balaban J connectivity index is 1.03. The lowest BCUT2D eigenvalue weighted by Crippen LogP contribution is -2.53. The minimum Gasteiger partial charge on any atom is -0.440 e. The second-order valence-electron chi connectivity index (χ2n) is 10.3. The first-order valence-corrected chi connectivity index (χ1v) is 11.5. The third kappa shape index (κ3) is 3.30. The van der Waals surface area contributed by atoms with Crippen LogP contribution in [0.15, 0.2) is 22.6 Å². The summed E-state index contributed by atoms with van der Waals surface area (Å²) >= 11 is 0. The van der Waals surface area contributed by atoms with E-state index in [4.69, 9.17) is 4.42 Å². The van der Waals surface area contributed by atoms with E-state index in [1.54, 1.807) is 0 Å². The summed E-state index contributed by atoms with van der Waals surface area (Å²) in [6.07, 6.45) is 9.71. The Kier molecular flexibility index (Phi) is 4.19. The van der Waals surface area contributed by atoms with Gasteiger partial charge in [0.15, 0.2) is 11.5 Å². The topological polar surface area (TPSA) is 84.2 Å². The smallest absolute Gasteiger partial charge is 0.226 e. The van der Waals surface area contributed by atoms with Gasteiger partial charge >= 0.3 is 0 Å². The molecule has 0 aliphatic heterocycles. The van der Waals surface area contributed by atoms with Crippen LogP contribution in [0.4, 0.5) is 5.69 Å². The maximum absolute atomic E-state index is 13.0. The molecule has 1 aromatic carbocycles. The minimum atomic E-state index is -0.150. The number of carbonyl (C=O) groups excluding carboxylic acids is 2. The number of carbonyl (C=O) groups is 2. The van der Waals surface area contributed by atoms with Gasteiger partial charge in [0, 0.05) is 30.0 Å². The molecule has 30 heavy (non-hydrogen) atoms. The quantitative estimate of drug-likeness (QED) is 0.745. The second-order valence-corrected chi connectivity index (χ2v) is 10.3. The van der Waals surface area contributed by atoms with Gasteiger partial charge in [0.05, 0.1) is 0 Å². The first-order chi connectivity index (χ1) is 14.6. The molecule has 5 saturated carbocycles. The fourth-order valence-corrected chi connectivity index (χ4v) is 6.62. The summed E-state index contributed by atoms with van der Waals surface area (Å²) in [6.45, 7) is 0.393. The van der Waals surface area contributed by atoms with Crippen LogP contribution in [0.1, 0.15) is 69.6 Å². The molecule has 2 N–H and O–H groups in total. The third-order valence-electron chi connectivity index (χ3n) is 7.77. The number of benzene rings is 1.